The lowest BCUT2D eigenvalue weighted by atomic mass is 10.2. The second-order valence-corrected chi connectivity index (χ2v) is 10.4. The summed E-state index contributed by atoms with van der Waals surface area (Å²) in [6, 6.07) is 9.07. The van der Waals surface area contributed by atoms with Crippen molar-refractivity contribution < 1.29 is 0 Å². The van der Waals surface area contributed by atoms with Crippen molar-refractivity contribution in [1.29, 1.82) is 0 Å². The maximum atomic E-state index is 2.40. The van der Waals surface area contributed by atoms with Gasteiger partial charge in [-0.2, -0.15) is 0 Å². The van der Waals surface area contributed by atoms with Crippen LogP contribution in [0.15, 0.2) is 24.3 Å². The van der Waals surface area contributed by atoms with Crippen LogP contribution in [0, 0.1) is 6.92 Å². The Labute approximate surface area is 92.7 Å². The highest BCUT2D eigenvalue weighted by Crippen LogP contribution is 2.17. The Bertz CT molecular complexity index is 503. The minimum absolute atomic E-state index is 1.22. The molecule has 0 aliphatic rings. The molecule has 0 unspecified atom stereocenters. The third kappa shape index (κ3) is 1.74. The molecule has 0 bridgehead atoms. The van der Waals surface area contributed by atoms with Crippen LogP contribution < -0.4 is 5.32 Å². The van der Waals surface area contributed by atoms with Crippen LogP contribution in [-0.4, -0.2) is 12.6 Å². The molecular weight excluding hydrogens is 198 g/mol. The van der Waals surface area contributed by atoms with Crippen LogP contribution in [-0.2, 0) is 7.05 Å². The Morgan fingerprint density at radius 2 is 1.73 bits per heavy atom. The summed E-state index contributed by atoms with van der Waals surface area (Å²) < 4.78 is 2.36. The van der Waals surface area contributed by atoms with E-state index in [1.54, 1.807) is 0 Å². The van der Waals surface area contributed by atoms with Gasteiger partial charge < -0.3 is 4.57 Å². The lowest BCUT2D eigenvalue weighted by Crippen LogP contribution is -2.41. The molecule has 0 spiro atoms. The maximum absolute atomic E-state index is 2.40. The van der Waals surface area contributed by atoms with E-state index in [1.807, 2.05) is 0 Å². The van der Waals surface area contributed by atoms with E-state index in [0.717, 1.165) is 0 Å². The van der Waals surface area contributed by atoms with Gasteiger partial charge in [0.25, 0.3) is 0 Å². The molecule has 1 aromatic carbocycles. The summed E-state index contributed by atoms with van der Waals surface area (Å²) in [7, 11) is 0.970. The summed E-state index contributed by atoms with van der Waals surface area (Å²) in [5.41, 5.74) is 2.70. The quantitative estimate of drug-likeness (QED) is 0.647. The summed E-state index contributed by atoms with van der Waals surface area (Å²) in [5, 5.41) is 2.91. The van der Waals surface area contributed by atoms with Crippen LogP contribution in [0.1, 0.15) is 5.56 Å². The summed E-state index contributed by atoms with van der Waals surface area (Å²) in [5.74, 6) is 0. The molecule has 0 aliphatic heterocycles. The first-order valence-corrected chi connectivity index (χ1v) is 8.96. The molecule has 0 saturated heterocycles. The van der Waals surface area contributed by atoms with Gasteiger partial charge in [0, 0.05) is 17.9 Å². The number of benzene rings is 1. The number of aromatic nitrogens is 1. The Balaban J connectivity index is 2.75. The van der Waals surface area contributed by atoms with Gasteiger partial charge in [-0.3, -0.25) is 0 Å². The molecule has 80 valence electrons. The van der Waals surface area contributed by atoms with Crippen LogP contribution >= 0.6 is 0 Å². The van der Waals surface area contributed by atoms with E-state index in [-0.39, 0.29) is 0 Å². The number of nitrogens with zero attached hydrogens (tertiary/aromatic N) is 1. The summed E-state index contributed by atoms with van der Waals surface area (Å²) in [6.45, 7) is 9.34. The lowest BCUT2D eigenvalue weighted by Gasteiger charge is -2.17. The van der Waals surface area contributed by atoms with Crippen molar-refractivity contribution >= 4 is 24.3 Å². The number of fused-ring (bicyclic) bond motifs is 1. The van der Waals surface area contributed by atoms with Gasteiger partial charge in [0.1, 0.15) is 0 Å². The molecular formula is C13H19NSi. The molecule has 0 amide bonds. The Kier molecular flexibility index (Phi) is 2.27. The predicted molar refractivity (Wildman–Crippen MR) is 70.6 cm³/mol. The highest BCUT2D eigenvalue weighted by Gasteiger charge is 2.21. The van der Waals surface area contributed by atoms with E-state index in [2.05, 4.69) is 62.4 Å². The van der Waals surface area contributed by atoms with Gasteiger partial charge >= 0.3 is 0 Å². The number of rotatable bonds is 1. The molecule has 1 nitrogen and oxygen atoms in total. The monoisotopic (exact) mass is 217 g/mol. The van der Waals surface area contributed by atoms with E-state index >= 15 is 0 Å². The van der Waals surface area contributed by atoms with Crippen LogP contribution in [0.25, 0.3) is 10.9 Å². The Morgan fingerprint density at radius 3 is 2.33 bits per heavy atom. The molecule has 2 rings (SSSR count). The molecule has 0 N–H and O–H groups in total. The zero-order valence-electron chi connectivity index (χ0n) is 10.3. The molecule has 15 heavy (non-hydrogen) atoms. The van der Waals surface area contributed by atoms with Crippen molar-refractivity contribution in [2.24, 2.45) is 7.05 Å². The van der Waals surface area contributed by atoms with Crippen molar-refractivity contribution in [3.8, 4) is 0 Å². The zero-order chi connectivity index (χ0) is 11.2. The standard InChI is InChI=1S/C13H19NSi/c1-10-6-7-12-11(8-10)9-13(14(12)2)15(3,4)5/h6-9H,1-5H3. The maximum Gasteiger partial charge on any atom is 0.0984 e. The molecule has 0 saturated carbocycles. The van der Waals surface area contributed by atoms with Gasteiger partial charge in [0.15, 0.2) is 0 Å². The normalized spacial score (nSPS) is 12.3. The van der Waals surface area contributed by atoms with Gasteiger partial charge in [-0.15, -0.1) is 0 Å². The zero-order valence-corrected chi connectivity index (χ0v) is 11.3. The van der Waals surface area contributed by atoms with Crippen LogP contribution in [0.5, 0.6) is 0 Å². The van der Waals surface area contributed by atoms with Crippen molar-refractivity contribution in [3.63, 3.8) is 0 Å². The highest BCUT2D eigenvalue weighted by molar-refractivity contribution is 6.88. The average molecular weight is 217 g/mol. The number of hydrogen-bond donors (Lipinski definition) is 0. The first kappa shape index (κ1) is 10.5. The molecule has 2 heteroatoms. The fraction of sp³-hybridized carbons (Fsp3) is 0.385. The van der Waals surface area contributed by atoms with Crippen LogP contribution in [0.2, 0.25) is 19.6 Å². The highest BCUT2D eigenvalue weighted by atomic mass is 28.3. The second kappa shape index (κ2) is 3.24. The topological polar surface area (TPSA) is 4.93 Å². The van der Waals surface area contributed by atoms with Crippen molar-refractivity contribution in [2.75, 3.05) is 0 Å². The first-order chi connectivity index (χ1) is 6.89. The molecule has 2 aromatic rings. The van der Waals surface area contributed by atoms with E-state index in [9.17, 15) is 0 Å². The number of hydrogen-bond acceptors (Lipinski definition) is 0. The minimum atomic E-state index is -1.22. The second-order valence-electron chi connectivity index (χ2n) is 5.40. The van der Waals surface area contributed by atoms with Gasteiger partial charge in [-0.05, 0) is 30.5 Å². The SMILES string of the molecule is Cc1ccc2c(c1)cc([Si](C)(C)C)n2C. The third-order valence-corrected chi connectivity index (χ3v) is 4.98. The Hall–Kier alpha value is -1.02. The molecule has 0 radical (unpaired) electrons. The largest absolute Gasteiger partial charge is 0.352 e. The van der Waals surface area contributed by atoms with Gasteiger partial charge in [0.05, 0.1) is 8.07 Å². The lowest BCUT2D eigenvalue weighted by molar-refractivity contribution is 0.995. The van der Waals surface area contributed by atoms with Crippen molar-refractivity contribution in [3.05, 3.63) is 29.8 Å². The fourth-order valence-corrected chi connectivity index (χ4v) is 3.90. The first-order valence-electron chi connectivity index (χ1n) is 5.46. The van der Waals surface area contributed by atoms with Crippen molar-refractivity contribution in [1.82, 2.24) is 4.57 Å². The van der Waals surface area contributed by atoms with E-state index in [0.29, 0.717) is 0 Å². The summed E-state index contributed by atoms with van der Waals surface area (Å²) in [6.07, 6.45) is 0. The minimum Gasteiger partial charge on any atom is -0.352 e. The van der Waals surface area contributed by atoms with Gasteiger partial charge in [0.2, 0.25) is 0 Å². The Morgan fingerprint density at radius 1 is 1.07 bits per heavy atom. The fourth-order valence-electron chi connectivity index (χ4n) is 2.19. The molecule has 0 aliphatic carbocycles. The predicted octanol–water partition coefficient (Wildman–Crippen LogP) is 3.03. The van der Waals surface area contributed by atoms with E-state index in [1.165, 1.54) is 21.8 Å². The molecule has 0 atom stereocenters. The van der Waals surface area contributed by atoms with E-state index < -0.39 is 8.07 Å². The van der Waals surface area contributed by atoms with Gasteiger partial charge in [-0.25, -0.2) is 0 Å². The molecule has 0 fully saturated rings. The van der Waals surface area contributed by atoms with Crippen molar-refractivity contribution in [2.45, 2.75) is 26.6 Å². The van der Waals surface area contributed by atoms with Crippen LogP contribution in [0.4, 0.5) is 0 Å². The van der Waals surface area contributed by atoms with Gasteiger partial charge in [-0.1, -0.05) is 31.3 Å². The number of aryl methyl sites for hydroxylation is 2. The summed E-state index contributed by atoms with van der Waals surface area (Å²) in [4.78, 5) is 0. The van der Waals surface area contributed by atoms with E-state index in [4.69, 9.17) is 0 Å². The van der Waals surface area contributed by atoms with Crippen LogP contribution in [0.3, 0.4) is 0 Å². The molecule has 1 aromatic heterocycles. The summed E-state index contributed by atoms with van der Waals surface area (Å²) >= 11 is 0. The smallest absolute Gasteiger partial charge is 0.0984 e. The molecule has 1 heterocycles. The third-order valence-electron chi connectivity index (χ3n) is 2.97. The average Bonchev–Trinajstić information content (AvgIpc) is 2.42.